The van der Waals surface area contributed by atoms with Gasteiger partial charge in [0.2, 0.25) is 0 Å². The van der Waals surface area contributed by atoms with Gasteiger partial charge in [0.25, 0.3) is 5.56 Å². The standard InChI is InChI=1S/C19H22N4O3/c1-3-26-19(25)15-12-20-17-16(10-9-13(2)23(17)18(15)24)22-21-11-14-7-5-4-6-8-14/h4-8,11-13,16,22H,3,9-10H2,1-2H3. The van der Waals surface area contributed by atoms with Crippen molar-refractivity contribution in [2.45, 2.75) is 38.8 Å². The van der Waals surface area contributed by atoms with E-state index in [-0.39, 0.29) is 29.8 Å². The highest BCUT2D eigenvalue weighted by molar-refractivity contribution is 5.88. The van der Waals surface area contributed by atoms with Gasteiger partial charge in [-0.1, -0.05) is 30.3 Å². The van der Waals surface area contributed by atoms with E-state index < -0.39 is 5.97 Å². The second-order valence-electron chi connectivity index (χ2n) is 6.20. The molecule has 0 aliphatic carbocycles. The van der Waals surface area contributed by atoms with Crippen LogP contribution in [0, 0.1) is 0 Å². The van der Waals surface area contributed by atoms with Crippen molar-refractivity contribution < 1.29 is 9.53 Å². The maximum atomic E-state index is 12.7. The Morgan fingerprint density at radius 1 is 1.38 bits per heavy atom. The van der Waals surface area contributed by atoms with E-state index in [4.69, 9.17) is 4.74 Å². The number of nitrogens with one attached hydrogen (secondary N) is 1. The molecule has 0 amide bonds. The molecule has 3 rings (SSSR count). The molecule has 1 aromatic carbocycles. The molecule has 1 aromatic heterocycles. The van der Waals surface area contributed by atoms with Crippen LogP contribution in [0.1, 0.15) is 60.5 Å². The minimum Gasteiger partial charge on any atom is -0.462 e. The molecule has 0 bridgehead atoms. The zero-order valence-corrected chi connectivity index (χ0v) is 14.9. The number of benzene rings is 1. The number of hydrogen-bond donors (Lipinski definition) is 1. The van der Waals surface area contributed by atoms with Gasteiger partial charge in [-0.2, -0.15) is 5.10 Å². The summed E-state index contributed by atoms with van der Waals surface area (Å²) in [4.78, 5) is 29.1. The Hall–Kier alpha value is -2.96. The van der Waals surface area contributed by atoms with E-state index in [1.807, 2.05) is 37.3 Å². The lowest BCUT2D eigenvalue weighted by Crippen LogP contribution is -2.38. The largest absolute Gasteiger partial charge is 0.462 e. The number of hydrogen-bond acceptors (Lipinski definition) is 6. The Kier molecular flexibility index (Phi) is 5.46. The number of hydrazone groups is 1. The maximum absolute atomic E-state index is 12.7. The Morgan fingerprint density at radius 3 is 2.88 bits per heavy atom. The zero-order chi connectivity index (χ0) is 18.5. The van der Waals surface area contributed by atoms with E-state index in [2.05, 4.69) is 15.5 Å². The Morgan fingerprint density at radius 2 is 2.15 bits per heavy atom. The molecule has 1 N–H and O–H groups in total. The van der Waals surface area contributed by atoms with Crippen molar-refractivity contribution in [3.8, 4) is 0 Å². The van der Waals surface area contributed by atoms with Gasteiger partial charge in [-0.3, -0.25) is 14.8 Å². The third kappa shape index (κ3) is 3.66. The molecular weight excluding hydrogens is 332 g/mol. The molecule has 0 spiro atoms. The highest BCUT2D eigenvalue weighted by Crippen LogP contribution is 2.28. The van der Waals surface area contributed by atoms with E-state index >= 15 is 0 Å². The third-order valence-electron chi connectivity index (χ3n) is 4.39. The van der Waals surface area contributed by atoms with Crippen molar-refractivity contribution >= 4 is 12.2 Å². The van der Waals surface area contributed by atoms with Crippen LogP contribution in [0.3, 0.4) is 0 Å². The first-order valence-electron chi connectivity index (χ1n) is 8.74. The highest BCUT2D eigenvalue weighted by Gasteiger charge is 2.29. The molecule has 2 unspecified atom stereocenters. The molecule has 7 nitrogen and oxygen atoms in total. The van der Waals surface area contributed by atoms with E-state index in [0.29, 0.717) is 5.82 Å². The fourth-order valence-electron chi connectivity index (χ4n) is 3.04. The fraction of sp³-hybridized carbons (Fsp3) is 0.368. The summed E-state index contributed by atoms with van der Waals surface area (Å²) in [6.07, 6.45) is 4.63. The Bertz CT molecular complexity index is 861. The van der Waals surface area contributed by atoms with E-state index in [1.54, 1.807) is 17.7 Å². The van der Waals surface area contributed by atoms with Crippen molar-refractivity contribution in [2.75, 3.05) is 6.61 Å². The van der Waals surface area contributed by atoms with Crippen LogP contribution < -0.4 is 11.0 Å². The van der Waals surface area contributed by atoms with Crippen molar-refractivity contribution in [3.63, 3.8) is 0 Å². The lowest BCUT2D eigenvalue weighted by molar-refractivity contribution is 0.0522. The van der Waals surface area contributed by atoms with Crippen LogP contribution in [0.4, 0.5) is 0 Å². The first kappa shape index (κ1) is 17.8. The third-order valence-corrected chi connectivity index (χ3v) is 4.39. The van der Waals surface area contributed by atoms with Gasteiger partial charge in [0, 0.05) is 12.2 Å². The minimum atomic E-state index is -0.635. The molecule has 0 saturated heterocycles. The summed E-state index contributed by atoms with van der Waals surface area (Å²) in [6, 6.07) is 9.52. The number of ether oxygens (including phenoxy) is 1. The smallest absolute Gasteiger partial charge is 0.345 e. The van der Waals surface area contributed by atoms with Crippen molar-refractivity contribution in [1.29, 1.82) is 0 Å². The van der Waals surface area contributed by atoms with E-state index in [1.165, 1.54) is 6.20 Å². The Labute approximate surface area is 151 Å². The van der Waals surface area contributed by atoms with Crippen LogP contribution in [-0.4, -0.2) is 28.3 Å². The lowest BCUT2D eigenvalue weighted by atomic mass is 10.0. The average Bonchev–Trinajstić information content (AvgIpc) is 2.64. The molecule has 2 heterocycles. The fourth-order valence-corrected chi connectivity index (χ4v) is 3.04. The zero-order valence-electron chi connectivity index (χ0n) is 14.9. The van der Waals surface area contributed by atoms with Crippen LogP contribution in [-0.2, 0) is 4.74 Å². The maximum Gasteiger partial charge on any atom is 0.345 e. The molecule has 136 valence electrons. The molecular formula is C19H22N4O3. The average molecular weight is 354 g/mol. The quantitative estimate of drug-likeness (QED) is 0.506. The summed E-state index contributed by atoms with van der Waals surface area (Å²) < 4.78 is 6.52. The topological polar surface area (TPSA) is 85.6 Å². The van der Waals surface area contributed by atoms with Gasteiger partial charge in [0.15, 0.2) is 0 Å². The van der Waals surface area contributed by atoms with Gasteiger partial charge in [-0.25, -0.2) is 9.78 Å². The minimum absolute atomic E-state index is 0.0316. The number of nitrogens with zero attached hydrogens (tertiary/aromatic N) is 3. The van der Waals surface area contributed by atoms with Crippen molar-refractivity contribution in [3.05, 3.63) is 63.8 Å². The molecule has 1 aliphatic rings. The second kappa shape index (κ2) is 7.95. The van der Waals surface area contributed by atoms with Crippen molar-refractivity contribution in [2.24, 2.45) is 5.10 Å². The summed E-state index contributed by atoms with van der Waals surface area (Å²) in [7, 11) is 0. The number of esters is 1. The number of carbonyl (C=O) groups is 1. The van der Waals surface area contributed by atoms with Crippen LogP contribution in [0.15, 0.2) is 46.4 Å². The van der Waals surface area contributed by atoms with Gasteiger partial charge < -0.3 is 4.74 Å². The monoisotopic (exact) mass is 354 g/mol. The summed E-state index contributed by atoms with van der Waals surface area (Å²) in [5, 5.41) is 4.28. The predicted octanol–water partition coefficient (Wildman–Crippen LogP) is 2.44. The number of aromatic nitrogens is 2. The molecule has 0 fully saturated rings. The molecule has 1 aliphatic heterocycles. The second-order valence-corrected chi connectivity index (χ2v) is 6.20. The lowest BCUT2D eigenvalue weighted by Gasteiger charge is -2.30. The van der Waals surface area contributed by atoms with Crippen LogP contribution in [0.25, 0.3) is 0 Å². The van der Waals surface area contributed by atoms with Crippen LogP contribution >= 0.6 is 0 Å². The van der Waals surface area contributed by atoms with Gasteiger partial charge in [0.05, 0.1) is 12.8 Å². The molecule has 7 heteroatoms. The number of rotatable bonds is 5. The van der Waals surface area contributed by atoms with Crippen LogP contribution in [0.2, 0.25) is 0 Å². The highest BCUT2D eigenvalue weighted by atomic mass is 16.5. The molecule has 2 atom stereocenters. The first-order valence-corrected chi connectivity index (χ1v) is 8.74. The molecule has 2 aromatic rings. The summed E-state index contributed by atoms with van der Waals surface area (Å²) >= 11 is 0. The number of fused-ring (bicyclic) bond motifs is 1. The summed E-state index contributed by atoms with van der Waals surface area (Å²) in [5.41, 5.74) is 3.66. The van der Waals surface area contributed by atoms with Gasteiger partial charge in [-0.05, 0) is 32.3 Å². The molecule has 0 radical (unpaired) electrons. The predicted molar refractivity (Wildman–Crippen MR) is 98.3 cm³/mol. The van der Waals surface area contributed by atoms with Gasteiger partial charge in [0.1, 0.15) is 17.4 Å². The van der Waals surface area contributed by atoms with E-state index in [0.717, 1.165) is 18.4 Å². The van der Waals surface area contributed by atoms with Gasteiger partial charge in [-0.15, -0.1) is 0 Å². The Balaban J connectivity index is 1.85. The SMILES string of the molecule is CCOC(=O)c1cnc2n(c1=O)C(C)CCC2NN=Cc1ccccc1. The molecule has 26 heavy (non-hydrogen) atoms. The van der Waals surface area contributed by atoms with Gasteiger partial charge >= 0.3 is 5.97 Å². The van der Waals surface area contributed by atoms with Crippen molar-refractivity contribution in [1.82, 2.24) is 15.0 Å². The van der Waals surface area contributed by atoms with Crippen LogP contribution in [0.5, 0.6) is 0 Å². The number of carbonyl (C=O) groups excluding carboxylic acids is 1. The first-order chi connectivity index (χ1) is 12.6. The summed E-state index contributed by atoms with van der Waals surface area (Å²) in [5.74, 6) is -0.0447. The van der Waals surface area contributed by atoms with E-state index in [9.17, 15) is 9.59 Å². The normalized spacial score (nSPS) is 19.2. The molecule has 0 saturated carbocycles. The summed E-state index contributed by atoms with van der Waals surface area (Å²) in [6.45, 7) is 3.87.